The Balaban J connectivity index is 1.40. The summed E-state index contributed by atoms with van der Waals surface area (Å²) in [5.74, 6) is 0.442. The first kappa shape index (κ1) is 17.7. The van der Waals surface area contributed by atoms with Crippen LogP contribution >= 0.6 is 0 Å². The molecule has 6 nitrogen and oxygen atoms in total. The van der Waals surface area contributed by atoms with Gasteiger partial charge in [-0.3, -0.25) is 9.80 Å². The fraction of sp³-hybridized carbons (Fsp3) is 1.00. The average molecular weight is 415 g/mol. The van der Waals surface area contributed by atoms with Crippen LogP contribution in [0.25, 0.3) is 0 Å². The Morgan fingerprint density at radius 1 is 0.556 bits per heavy atom. The number of hydrogen-bond acceptors (Lipinski definition) is 6. The molecule has 4 aliphatic heterocycles. The smallest absolute Gasteiger partial charge is 0.159 e. The predicted octanol–water partition coefficient (Wildman–Crippen LogP) is 1.02. The van der Waals surface area contributed by atoms with E-state index in [9.17, 15) is 16.8 Å². The van der Waals surface area contributed by atoms with E-state index in [0.29, 0.717) is 13.1 Å². The Morgan fingerprint density at radius 3 is 1.41 bits per heavy atom. The van der Waals surface area contributed by atoms with Crippen LogP contribution in [0.5, 0.6) is 0 Å². The summed E-state index contributed by atoms with van der Waals surface area (Å²) in [5.41, 5.74) is 0. The number of fused-ring (bicyclic) bond motifs is 10. The quantitative estimate of drug-likeness (QED) is 0.589. The van der Waals surface area contributed by atoms with Crippen molar-refractivity contribution < 1.29 is 16.8 Å². The van der Waals surface area contributed by atoms with Gasteiger partial charge in [0, 0.05) is 25.2 Å². The van der Waals surface area contributed by atoms with Crippen LogP contribution in [0.3, 0.4) is 0 Å². The summed E-state index contributed by atoms with van der Waals surface area (Å²) >= 11 is 0. The number of rotatable bonds is 0. The first-order valence-electron chi connectivity index (χ1n) is 10.8. The largest absolute Gasteiger partial charge is 0.284 e. The van der Waals surface area contributed by atoms with Crippen molar-refractivity contribution in [2.24, 2.45) is 11.8 Å². The molecule has 8 heteroatoms. The van der Waals surface area contributed by atoms with Crippen molar-refractivity contribution in [3.63, 3.8) is 0 Å². The second-order valence-electron chi connectivity index (χ2n) is 9.89. The summed E-state index contributed by atoms with van der Waals surface area (Å²) in [4.78, 5) is 4.55. The molecule has 2 bridgehead atoms. The Labute approximate surface area is 162 Å². The zero-order valence-corrected chi connectivity index (χ0v) is 17.4. The Kier molecular flexibility index (Phi) is 3.73. The third-order valence-electron chi connectivity index (χ3n) is 8.87. The minimum Gasteiger partial charge on any atom is -0.284 e. The van der Waals surface area contributed by atoms with Crippen LogP contribution in [0.15, 0.2) is 0 Å². The van der Waals surface area contributed by atoms with Crippen molar-refractivity contribution in [2.75, 3.05) is 19.8 Å². The highest BCUT2D eigenvalue weighted by Gasteiger charge is 2.65. The normalized spacial score (nSPS) is 57.2. The molecule has 6 fully saturated rings. The van der Waals surface area contributed by atoms with Crippen molar-refractivity contribution in [1.82, 2.24) is 9.80 Å². The molecule has 2 saturated carbocycles. The number of sulfone groups is 2. The van der Waals surface area contributed by atoms with Gasteiger partial charge in [-0.1, -0.05) is 25.7 Å². The van der Waals surface area contributed by atoms with Gasteiger partial charge in [-0.2, -0.15) is 0 Å². The van der Waals surface area contributed by atoms with Crippen LogP contribution in [0.2, 0.25) is 0 Å². The van der Waals surface area contributed by atoms with E-state index in [4.69, 9.17) is 0 Å². The Hall–Kier alpha value is -0.180. The van der Waals surface area contributed by atoms with E-state index in [2.05, 4.69) is 9.80 Å². The zero-order chi connectivity index (χ0) is 18.6. The van der Waals surface area contributed by atoms with Gasteiger partial charge in [-0.15, -0.1) is 0 Å². The van der Waals surface area contributed by atoms with Gasteiger partial charge in [0.05, 0.1) is 27.7 Å². The van der Waals surface area contributed by atoms with Crippen LogP contribution in [-0.2, 0) is 19.7 Å². The second-order valence-corrected chi connectivity index (χ2v) is 14.7. The van der Waals surface area contributed by atoms with E-state index >= 15 is 0 Å². The minimum absolute atomic E-state index is 0.0512. The number of hydrogen-bond donors (Lipinski definition) is 0. The van der Waals surface area contributed by atoms with E-state index in [1.54, 1.807) is 0 Å². The van der Waals surface area contributed by atoms with E-state index in [1.807, 2.05) is 0 Å². The molecule has 4 saturated heterocycles. The highest BCUT2D eigenvalue weighted by Crippen LogP contribution is 2.52. The van der Waals surface area contributed by atoms with E-state index in [1.165, 1.54) is 0 Å². The number of nitrogens with zero attached hydrogens (tertiary/aromatic N) is 2. The lowest BCUT2D eigenvalue weighted by atomic mass is 9.78. The maximum atomic E-state index is 13.3. The van der Waals surface area contributed by atoms with Crippen LogP contribution in [0, 0.1) is 11.8 Å². The topological polar surface area (TPSA) is 74.8 Å². The van der Waals surface area contributed by atoms with Crippen LogP contribution in [-0.4, -0.2) is 79.5 Å². The van der Waals surface area contributed by atoms with Gasteiger partial charge in [0.1, 0.15) is 0 Å². The standard InChI is InChI=1S/C19H30N2O4S2/c22-26(23)14-7-3-1-5-12(14)18-16(26)9-21-11-20(18)10-17-19(21)13-6-2-4-8-15(13)27(17,24)25/h12-19H,1-11H2. The SMILES string of the molecule is O=S1(=O)C2CCCCC2C2C1CN1CN2CC2C1C1CCCCC1S2(=O)=O. The molecular weight excluding hydrogens is 384 g/mol. The molecule has 0 aromatic rings. The molecule has 152 valence electrons. The van der Waals surface area contributed by atoms with Gasteiger partial charge in [-0.05, 0) is 37.5 Å². The molecule has 27 heavy (non-hydrogen) atoms. The molecule has 0 aromatic heterocycles. The monoisotopic (exact) mass is 414 g/mol. The second kappa shape index (κ2) is 5.70. The summed E-state index contributed by atoms with van der Waals surface area (Å²) in [6.45, 7) is 1.91. The summed E-state index contributed by atoms with van der Waals surface area (Å²) in [6.07, 6.45) is 7.88. The van der Waals surface area contributed by atoms with Crippen molar-refractivity contribution >= 4 is 19.7 Å². The summed E-state index contributed by atoms with van der Waals surface area (Å²) in [5, 5.41) is -0.961. The van der Waals surface area contributed by atoms with Gasteiger partial charge < -0.3 is 0 Å². The molecular formula is C19H30N2O4S2. The van der Waals surface area contributed by atoms with Crippen molar-refractivity contribution in [1.29, 1.82) is 0 Å². The van der Waals surface area contributed by atoms with Gasteiger partial charge >= 0.3 is 0 Å². The zero-order valence-electron chi connectivity index (χ0n) is 15.7. The highest BCUT2D eigenvalue weighted by molar-refractivity contribution is 7.93. The van der Waals surface area contributed by atoms with Gasteiger partial charge in [0.25, 0.3) is 0 Å². The van der Waals surface area contributed by atoms with Crippen molar-refractivity contribution in [3.05, 3.63) is 0 Å². The van der Waals surface area contributed by atoms with Gasteiger partial charge in [0.15, 0.2) is 19.7 Å². The molecule has 2 aliphatic carbocycles. The molecule has 10 atom stereocenters. The fourth-order valence-electron chi connectivity index (χ4n) is 7.92. The third kappa shape index (κ3) is 2.19. The Morgan fingerprint density at radius 2 is 0.963 bits per heavy atom. The molecule has 0 N–H and O–H groups in total. The summed E-state index contributed by atoms with van der Waals surface area (Å²) in [6, 6.07) is 0.102. The van der Waals surface area contributed by atoms with Crippen LogP contribution < -0.4 is 0 Å². The molecule has 10 unspecified atom stereocenters. The first-order valence-corrected chi connectivity index (χ1v) is 14.1. The molecule has 0 aromatic carbocycles. The molecule has 6 aliphatic rings. The molecule has 4 heterocycles. The maximum Gasteiger partial charge on any atom is 0.159 e. The minimum atomic E-state index is -3.11. The molecule has 0 spiro atoms. The fourth-order valence-corrected chi connectivity index (χ4v) is 13.7. The van der Waals surface area contributed by atoms with Crippen molar-refractivity contribution in [3.8, 4) is 0 Å². The van der Waals surface area contributed by atoms with Crippen molar-refractivity contribution in [2.45, 2.75) is 84.5 Å². The van der Waals surface area contributed by atoms with E-state index in [0.717, 1.165) is 58.0 Å². The van der Waals surface area contributed by atoms with Crippen LogP contribution in [0.4, 0.5) is 0 Å². The molecule has 0 radical (unpaired) electrons. The van der Waals surface area contributed by atoms with E-state index in [-0.39, 0.29) is 44.9 Å². The predicted molar refractivity (Wildman–Crippen MR) is 103 cm³/mol. The lowest BCUT2D eigenvalue weighted by molar-refractivity contribution is -0.0531. The van der Waals surface area contributed by atoms with Gasteiger partial charge in [0.2, 0.25) is 0 Å². The third-order valence-corrected chi connectivity index (χ3v) is 14.3. The van der Waals surface area contributed by atoms with Crippen LogP contribution in [0.1, 0.15) is 51.4 Å². The Bertz CT molecular complexity index is 787. The molecule has 0 amide bonds. The maximum absolute atomic E-state index is 13.3. The van der Waals surface area contributed by atoms with E-state index < -0.39 is 19.7 Å². The lowest BCUT2D eigenvalue weighted by Gasteiger charge is -2.53. The molecule has 6 rings (SSSR count). The van der Waals surface area contributed by atoms with Gasteiger partial charge in [-0.25, -0.2) is 16.8 Å². The highest BCUT2D eigenvalue weighted by atomic mass is 32.2. The summed E-state index contributed by atoms with van der Waals surface area (Å²) < 4.78 is 53.3. The first-order chi connectivity index (χ1) is 12.9. The summed E-state index contributed by atoms with van der Waals surface area (Å²) in [7, 11) is -6.22. The lowest BCUT2D eigenvalue weighted by Crippen LogP contribution is -2.69. The average Bonchev–Trinajstić information content (AvgIpc) is 3.03.